The molecule has 0 atom stereocenters. The number of aromatic nitrogens is 2. The average molecular weight is 365 g/mol. The lowest BCUT2D eigenvalue weighted by atomic mass is 9.90. The zero-order chi connectivity index (χ0) is 18.5. The highest BCUT2D eigenvalue weighted by molar-refractivity contribution is 5.46. The van der Waals surface area contributed by atoms with Crippen molar-refractivity contribution in [2.24, 2.45) is 5.92 Å². The Hall–Kier alpha value is -2.10. The van der Waals surface area contributed by atoms with Crippen LogP contribution in [0.3, 0.4) is 0 Å². The van der Waals surface area contributed by atoms with Crippen LogP contribution in [-0.2, 0) is 6.42 Å². The number of anilines is 2. The third-order valence-electron chi connectivity index (χ3n) is 6.02. The molecule has 2 aliphatic rings. The number of piperidine rings is 1. The number of aryl methyl sites for hydroxylation is 1. The topological polar surface area (TPSA) is 32.3 Å². The smallest absolute Gasteiger partial charge is 0.227 e. The molecule has 0 aliphatic carbocycles. The molecule has 2 saturated heterocycles. The Bertz CT molecular complexity index is 714. The van der Waals surface area contributed by atoms with Crippen LogP contribution in [-0.4, -0.2) is 36.1 Å². The normalized spacial score (nSPS) is 19.1. The molecular weight excluding hydrogens is 332 g/mol. The van der Waals surface area contributed by atoms with E-state index in [2.05, 4.69) is 53.1 Å². The molecule has 144 valence electrons. The molecule has 0 radical (unpaired) electrons. The number of nitrogens with zero attached hydrogens (tertiary/aromatic N) is 4. The van der Waals surface area contributed by atoms with Crippen molar-refractivity contribution in [1.82, 2.24) is 9.97 Å². The Morgan fingerprint density at radius 2 is 1.56 bits per heavy atom. The lowest BCUT2D eigenvalue weighted by Gasteiger charge is -2.33. The molecule has 1 aromatic heterocycles. The van der Waals surface area contributed by atoms with Crippen molar-refractivity contribution in [2.75, 3.05) is 36.0 Å². The van der Waals surface area contributed by atoms with Gasteiger partial charge in [-0.2, -0.15) is 4.98 Å². The number of hydrogen-bond donors (Lipinski definition) is 0. The summed E-state index contributed by atoms with van der Waals surface area (Å²) in [5.74, 6) is 2.86. The van der Waals surface area contributed by atoms with Crippen LogP contribution in [0.1, 0.15) is 49.8 Å². The van der Waals surface area contributed by atoms with Crippen LogP contribution >= 0.6 is 0 Å². The van der Waals surface area contributed by atoms with Crippen molar-refractivity contribution in [3.63, 3.8) is 0 Å². The minimum Gasteiger partial charge on any atom is -0.356 e. The second kappa shape index (κ2) is 8.73. The molecule has 4 nitrogen and oxygen atoms in total. The third-order valence-corrected chi connectivity index (χ3v) is 6.02. The molecule has 0 N–H and O–H groups in total. The summed E-state index contributed by atoms with van der Waals surface area (Å²) in [6.07, 6.45) is 8.90. The van der Waals surface area contributed by atoms with Crippen LogP contribution in [0.2, 0.25) is 0 Å². The Morgan fingerprint density at radius 3 is 2.26 bits per heavy atom. The summed E-state index contributed by atoms with van der Waals surface area (Å²) >= 11 is 0. The maximum Gasteiger partial charge on any atom is 0.227 e. The molecule has 0 saturated carbocycles. The Balaban J connectivity index is 1.40. The molecule has 27 heavy (non-hydrogen) atoms. The highest BCUT2D eigenvalue weighted by Gasteiger charge is 2.22. The predicted molar refractivity (Wildman–Crippen MR) is 113 cm³/mol. The van der Waals surface area contributed by atoms with Crippen molar-refractivity contribution in [3.8, 4) is 0 Å². The SMILES string of the molecule is Cc1cc(N2CCC(Cc3ccccc3)CC2)nc(N2CCCCCC2)n1. The number of hydrogen-bond acceptors (Lipinski definition) is 4. The lowest BCUT2D eigenvalue weighted by molar-refractivity contribution is 0.402. The third kappa shape index (κ3) is 4.79. The molecule has 0 bridgehead atoms. The zero-order valence-corrected chi connectivity index (χ0v) is 16.6. The molecule has 2 aliphatic heterocycles. The minimum absolute atomic E-state index is 0.789. The average Bonchev–Trinajstić information content (AvgIpc) is 2.98. The zero-order valence-electron chi connectivity index (χ0n) is 16.6. The fourth-order valence-electron chi connectivity index (χ4n) is 4.42. The minimum atomic E-state index is 0.789. The van der Waals surface area contributed by atoms with E-state index >= 15 is 0 Å². The van der Waals surface area contributed by atoms with E-state index in [0.29, 0.717) is 0 Å². The molecule has 0 spiro atoms. The Kier molecular flexibility index (Phi) is 5.90. The fourth-order valence-corrected chi connectivity index (χ4v) is 4.42. The summed E-state index contributed by atoms with van der Waals surface area (Å²) in [6, 6.07) is 13.1. The quantitative estimate of drug-likeness (QED) is 0.792. The molecule has 4 heteroatoms. The summed E-state index contributed by atoms with van der Waals surface area (Å²) in [4.78, 5) is 14.6. The molecule has 4 rings (SSSR count). The van der Waals surface area contributed by atoms with E-state index in [4.69, 9.17) is 9.97 Å². The van der Waals surface area contributed by atoms with Gasteiger partial charge in [0.05, 0.1) is 0 Å². The van der Waals surface area contributed by atoms with E-state index in [1.165, 1.54) is 50.5 Å². The van der Waals surface area contributed by atoms with E-state index < -0.39 is 0 Å². The van der Waals surface area contributed by atoms with Gasteiger partial charge in [0.1, 0.15) is 5.82 Å². The van der Waals surface area contributed by atoms with Crippen LogP contribution < -0.4 is 9.80 Å². The van der Waals surface area contributed by atoms with Gasteiger partial charge in [0, 0.05) is 37.9 Å². The highest BCUT2D eigenvalue weighted by atomic mass is 15.3. The first kappa shape index (κ1) is 18.3. The Morgan fingerprint density at radius 1 is 0.852 bits per heavy atom. The molecule has 0 unspecified atom stereocenters. The maximum absolute atomic E-state index is 4.97. The van der Waals surface area contributed by atoms with Crippen molar-refractivity contribution in [1.29, 1.82) is 0 Å². The summed E-state index contributed by atoms with van der Waals surface area (Å²) in [5.41, 5.74) is 2.56. The van der Waals surface area contributed by atoms with Gasteiger partial charge in [0.15, 0.2) is 0 Å². The number of rotatable bonds is 4. The van der Waals surface area contributed by atoms with Gasteiger partial charge in [-0.25, -0.2) is 4.98 Å². The van der Waals surface area contributed by atoms with Crippen LogP contribution in [0.4, 0.5) is 11.8 Å². The second-order valence-electron chi connectivity index (χ2n) is 8.19. The predicted octanol–water partition coefficient (Wildman–Crippen LogP) is 4.62. The van der Waals surface area contributed by atoms with E-state index in [9.17, 15) is 0 Å². The van der Waals surface area contributed by atoms with Gasteiger partial charge in [0.25, 0.3) is 0 Å². The monoisotopic (exact) mass is 364 g/mol. The standard InChI is InChI=1S/C23H32N4/c1-19-17-22(25-23(24-19)27-13-7-2-3-8-14-27)26-15-11-21(12-16-26)18-20-9-5-4-6-10-20/h4-6,9-10,17,21H,2-3,7-8,11-16,18H2,1H3. The van der Waals surface area contributed by atoms with Gasteiger partial charge in [-0.3, -0.25) is 0 Å². The molecule has 0 amide bonds. The van der Waals surface area contributed by atoms with Crippen LogP contribution in [0.25, 0.3) is 0 Å². The molecular formula is C23H32N4. The van der Waals surface area contributed by atoms with Crippen molar-refractivity contribution in [2.45, 2.75) is 51.9 Å². The van der Waals surface area contributed by atoms with E-state index in [0.717, 1.165) is 49.6 Å². The maximum atomic E-state index is 4.97. The van der Waals surface area contributed by atoms with Gasteiger partial charge in [-0.05, 0) is 50.5 Å². The molecule has 2 fully saturated rings. The first-order chi connectivity index (χ1) is 13.3. The lowest BCUT2D eigenvalue weighted by Crippen LogP contribution is -2.35. The largest absolute Gasteiger partial charge is 0.356 e. The summed E-state index contributed by atoms with van der Waals surface area (Å²) in [5, 5.41) is 0. The molecule has 1 aromatic carbocycles. The second-order valence-corrected chi connectivity index (χ2v) is 8.19. The number of benzene rings is 1. The van der Waals surface area contributed by atoms with E-state index in [-0.39, 0.29) is 0 Å². The first-order valence-corrected chi connectivity index (χ1v) is 10.7. The summed E-state index contributed by atoms with van der Waals surface area (Å²) < 4.78 is 0. The van der Waals surface area contributed by atoms with Gasteiger partial charge in [-0.15, -0.1) is 0 Å². The van der Waals surface area contributed by atoms with Gasteiger partial charge in [-0.1, -0.05) is 43.2 Å². The highest BCUT2D eigenvalue weighted by Crippen LogP contribution is 2.26. The molecule has 3 heterocycles. The van der Waals surface area contributed by atoms with Crippen LogP contribution in [0, 0.1) is 12.8 Å². The van der Waals surface area contributed by atoms with Crippen LogP contribution in [0.5, 0.6) is 0 Å². The van der Waals surface area contributed by atoms with Crippen molar-refractivity contribution in [3.05, 3.63) is 47.7 Å². The van der Waals surface area contributed by atoms with Crippen molar-refractivity contribution < 1.29 is 0 Å². The van der Waals surface area contributed by atoms with E-state index in [1.54, 1.807) is 0 Å². The summed E-state index contributed by atoms with van der Waals surface area (Å²) in [6.45, 7) is 6.51. The Labute approximate surface area is 163 Å². The summed E-state index contributed by atoms with van der Waals surface area (Å²) in [7, 11) is 0. The fraction of sp³-hybridized carbons (Fsp3) is 0.565. The van der Waals surface area contributed by atoms with E-state index in [1.807, 2.05) is 0 Å². The van der Waals surface area contributed by atoms with Crippen molar-refractivity contribution >= 4 is 11.8 Å². The first-order valence-electron chi connectivity index (χ1n) is 10.7. The van der Waals surface area contributed by atoms with Gasteiger partial charge in [0.2, 0.25) is 5.95 Å². The van der Waals surface area contributed by atoms with Crippen LogP contribution in [0.15, 0.2) is 36.4 Å². The van der Waals surface area contributed by atoms with Gasteiger partial charge < -0.3 is 9.80 Å². The van der Waals surface area contributed by atoms with Gasteiger partial charge >= 0.3 is 0 Å². The molecule has 2 aromatic rings.